The maximum Gasteiger partial charge on any atom is 0.354 e. The summed E-state index contributed by atoms with van der Waals surface area (Å²) in [5.41, 5.74) is -4.65. The van der Waals surface area contributed by atoms with Crippen LogP contribution < -0.4 is 36.4 Å². The number of aromatic nitrogens is 3. The highest BCUT2D eigenvalue weighted by Gasteiger charge is 2.54. The van der Waals surface area contributed by atoms with Gasteiger partial charge < -0.3 is 60.9 Å². The Labute approximate surface area is 439 Å². The summed E-state index contributed by atoms with van der Waals surface area (Å²) in [6.45, 7) is 7.16. The minimum Gasteiger partial charge on any atom is -0.543 e. The number of thioether (sulfide) groups is 2. The molecule has 3 aromatic rings. The summed E-state index contributed by atoms with van der Waals surface area (Å²) in [6.07, 6.45) is 3.43. The topological polar surface area (TPSA) is 392 Å². The van der Waals surface area contributed by atoms with Gasteiger partial charge in [-0.1, -0.05) is 16.4 Å². The van der Waals surface area contributed by atoms with E-state index in [1.54, 1.807) is 35.2 Å². The number of rotatable bonds is 22. The Kier molecular flexibility index (Phi) is 16.2. The van der Waals surface area contributed by atoms with Gasteiger partial charge in [-0.05, 0) is 41.5 Å². The summed E-state index contributed by atoms with van der Waals surface area (Å²) >= 11 is 3.81. The lowest BCUT2D eigenvalue weighted by Gasteiger charge is -2.50. The average Bonchev–Trinajstić information content (AvgIpc) is 4.12. The number of aliphatic carboxylic acids is 4. The van der Waals surface area contributed by atoms with Crippen LogP contribution in [0.2, 0.25) is 0 Å². The van der Waals surface area contributed by atoms with Crippen molar-refractivity contribution in [2.75, 3.05) is 28.9 Å². The molecule has 0 bridgehead atoms. The van der Waals surface area contributed by atoms with E-state index in [9.17, 15) is 63.6 Å². The number of thiazole rings is 2. The molecule has 0 aromatic carbocycles. The van der Waals surface area contributed by atoms with Gasteiger partial charge in [-0.3, -0.25) is 28.9 Å². The Morgan fingerprint density at radius 3 is 2.04 bits per heavy atom. The molecule has 0 spiro atoms. The van der Waals surface area contributed by atoms with E-state index in [0.717, 1.165) is 67.0 Å². The number of β-lactam (4-membered cyclic amide) rings is 1. The fraction of sp³-hybridized carbons (Fsp3) is 0.395. The first-order valence-electron chi connectivity index (χ1n) is 21.9. The molecule has 398 valence electrons. The molecule has 7 heterocycles. The Hall–Kier alpha value is -7.68. The van der Waals surface area contributed by atoms with Crippen LogP contribution in [-0.4, -0.2) is 153 Å². The van der Waals surface area contributed by atoms with Gasteiger partial charge in [0, 0.05) is 45.5 Å². The molecule has 75 heavy (non-hydrogen) atoms. The second kappa shape index (κ2) is 22.0. The molecule has 4 atom stereocenters. The largest absolute Gasteiger partial charge is 0.543 e. The van der Waals surface area contributed by atoms with Crippen LogP contribution in [0.5, 0.6) is 0 Å². The molecule has 1 saturated heterocycles. The van der Waals surface area contributed by atoms with Crippen LogP contribution in [0, 0.1) is 0 Å². The van der Waals surface area contributed by atoms with Gasteiger partial charge in [0.1, 0.15) is 46.5 Å². The number of carbonyl (C=O) groups excluding carboxylic acids is 6. The number of ether oxygens (including phenoxy) is 1. The molecule has 3 aromatic heterocycles. The van der Waals surface area contributed by atoms with Crippen molar-refractivity contribution in [3.8, 4) is 0 Å². The zero-order valence-electron chi connectivity index (χ0n) is 40.1. The van der Waals surface area contributed by atoms with Gasteiger partial charge in [0.25, 0.3) is 23.6 Å². The third kappa shape index (κ3) is 12.3. The third-order valence-electron chi connectivity index (χ3n) is 11.0. The zero-order valence-corrected chi connectivity index (χ0v) is 43.3. The standard InChI is InChI=1S/C43H45N11O17S4/c1-41(2,36(62)63)69-50-23(29(56)47-26-32(58)54-27(34(59)60)18(14-73-33(26)54)12-53-10-8-7-9-11-53)20-16-74-39(44-20)49-30(57)25(31-48-22-19(15-72-31)13-68-35(22)61)46-28(55)24(51-70-42(3,4)37(64)65)21-17-75-40(45-21)52-71-43(5,6)38(66)67/h7-11,16-17,25-26,31,33,48H,12-15H2,1-6H3,(H7-,44,45,46,47,49,52,55,56,57,59,60,62,63,64,65,66,67)/b50-23-,51-24-/t25?,26-,31?,33-/m1/s1. The molecule has 7 rings (SSSR count). The first-order valence-corrected chi connectivity index (χ1v) is 25.7. The second-order valence-electron chi connectivity index (χ2n) is 17.8. The molecule has 28 nitrogen and oxygen atoms in total. The molecule has 2 unspecified atom stereocenters. The van der Waals surface area contributed by atoms with E-state index in [-0.39, 0.29) is 57.7 Å². The number of amides is 4. The molecule has 0 saturated carbocycles. The summed E-state index contributed by atoms with van der Waals surface area (Å²) in [7, 11) is 0. The van der Waals surface area contributed by atoms with Gasteiger partial charge in [-0.15, -0.1) is 46.2 Å². The van der Waals surface area contributed by atoms with Crippen molar-refractivity contribution in [3.63, 3.8) is 0 Å². The summed E-state index contributed by atoms with van der Waals surface area (Å²) < 4.78 is 6.86. The molecule has 32 heteroatoms. The molecule has 0 radical (unpaired) electrons. The van der Waals surface area contributed by atoms with Crippen molar-refractivity contribution < 1.29 is 87.4 Å². The highest BCUT2D eigenvalue weighted by atomic mass is 32.2. The molecule has 8 N–H and O–H groups in total. The van der Waals surface area contributed by atoms with Crippen molar-refractivity contribution in [2.24, 2.45) is 10.3 Å². The molecule has 0 aliphatic carbocycles. The van der Waals surface area contributed by atoms with Crippen LogP contribution in [0.15, 0.2) is 74.2 Å². The molecular formula is C43H45N11O17S4. The smallest absolute Gasteiger partial charge is 0.354 e. The first kappa shape index (κ1) is 55.1. The predicted octanol–water partition coefficient (Wildman–Crippen LogP) is -1.04. The van der Waals surface area contributed by atoms with Gasteiger partial charge in [0.2, 0.25) is 16.3 Å². The van der Waals surface area contributed by atoms with Crippen LogP contribution in [0.3, 0.4) is 0 Å². The quantitative estimate of drug-likeness (QED) is 0.0196. The monoisotopic (exact) mass is 1120 g/mol. The number of esters is 1. The number of fused-ring (bicyclic) bond motifs is 1. The van der Waals surface area contributed by atoms with Crippen LogP contribution in [-0.2, 0) is 68.9 Å². The maximum absolute atomic E-state index is 14.5. The van der Waals surface area contributed by atoms with Gasteiger partial charge in [-0.2, -0.15) is 0 Å². The number of pyridine rings is 1. The maximum atomic E-state index is 14.5. The highest BCUT2D eigenvalue weighted by Crippen LogP contribution is 2.40. The van der Waals surface area contributed by atoms with E-state index < -0.39 is 105 Å². The number of carbonyl (C=O) groups is 9. The van der Waals surface area contributed by atoms with Crippen molar-refractivity contribution in [3.05, 3.63) is 75.3 Å². The van der Waals surface area contributed by atoms with E-state index in [0.29, 0.717) is 11.1 Å². The summed E-state index contributed by atoms with van der Waals surface area (Å²) in [5.74, 6) is -10.4. The molecule has 4 amide bonds. The first-order chi connectivity index (χ1) is 35.3. The Bertz CT molecular complexity index is 2990. The molecule has 1 fully saturated rings. The number of nitrogens with zero attached hydrogens (tertiary/aromatic N) is 6. The van der Waals surface area contributed by atoms with Crippen LogP contribution in [0.1, 0.15) is 52.9 Å². The SMILES string of the molecule is CC(C)(O/N=C(\C(=O)NC(C(=O)Nc1nc(/C(=N/OC(C)(C)C(=O)O)C(=O)N[C@@H]2C(=O)N3C(C(=O)[O-])=C(C[n+]4ccccc4)CS[C@H]23)cs1)C1NC2=C(COC2=O)CS1)c1csc(NOC(C)(C)C(=O)O)n1)C(=O)O. The predicted molar refractivity (Wildman–Crippen MR) is 261 cm³/mol. The number of hydrogen-bond acceptors (Lipinski definition) is 24. The number of nitrogens with one attached hydrogen (secondary N) is 5. The number of cyclic esters (lactones) is 1. The minimum absolute atomic E-state index is 0.0304. The Balaban J connectivity index is 1.15. The van der Waals surface area contributed by atoms with Crippen LogP contribution in [0.4, 0.5) is 10.3 Å². The summed E-state index contributed by atoms with van der Waals surface area (Å²) in [5, 5.41) is 59.6. The van der Waals surface area contributed by atoms with Gasteiger partial charge in [0.05, 0.1) is 11.7 Å². The van der Waals surface area contributed by atoms with Crippen molar-refractivity contribution in [1.82, 2.24) is 30.8 Å². The number of carboxylic acids is 4. The van der Waals surface area contributed by atoms with E-state index >= 15 is 0 Å². The lowest BCUT2D eigenvalue weighted by molar-refractivity contribution is -0.689. The number of hydrogen-bond donors (Lipinski definition) is 8. The lowest BCUT2D eigenvalue weighted by atomic mass is 10.0. The third-order valence-corrected chi connectivity index (χ3v) is 15.1. The van der Waals surface area contributed by atoms with E-state index in [2.05, 4.69) is 47.0 Å². The zero-order chi connectivity index (χ0) is 54.7. The van der Waals surface area contributed by atoms with Gasteiger partial charge >= 0.3 is 23.9 Å². The van der Waals surface area contributed by atoms with Crippen molar-refractivity contribution in [2.45, 2.75) is 87.7 Å². The number of anilines is 2. The molecular weight excluding hydrogens is 1070 g/mol. The average molecular weight is 1120 g/mol. The normalized spacial score (nSPS) is 19.3. The Morgan fingerprint density at radius 1 is 0.853 bits per heavy atom. The number of oxime groups is 2. The van der Waals surface area contributed by atoms with Crippen molar-refractivity contribution in [1.29, 1.82) is 0 Å². The van der Waals surface area contributed by atoms with E-state index in [1.807, 2.05) is 0 Å². The Morgan fingerprint density at radius 2 is 1.44 bits per heavy atom. The fourth-order valence-electron chi connectivity index (χ4n) is 6.60. The van der Waals surface area contributed by atoms with Crippen LogP contribution in [0.25, 0.3) is 0 Å². The van der Waals surface area contributed by atoms with E-state index in [4.69, 9.17) is 19.2 Å². The fourth-order valence-corrected chi connectivity index (χ4v) is 10.5. The van der Waals surface area contributed by atoms with Crippen molar-refractivity contribution >= 4 is 121 Å². The molecule has 4 aliphatic heterocycles. The lowest BCUT2D eigenvalue weighted by Crippen LogP contribution is -2.71. The summed E-state index contributed by atoms with van der Waals surface area (Å²) in [6, 6.07) is 2.29. The second-order valence-corrected chi connectivity index (χ2v) is 21.8. The van der Waals surface area contributed by atoms with Crippen LogP contribution >= 0.6 is 46.2 Å². The van der Waals surface area contributed by atoms with Gasteiger partial charge in [0.15, 0.2) is 41.1 Å². The summed E-state index contributed by atoms with van der Waals surface area (Å²) in [4.78, 5) is 142. The number of carboxylic acid groups (broad SMARTS) is 4. The highest BCUT2D eigenvalue weighted by molar-refractivity contribution is 8.00. The van der Waals surface area contributed by atoms with Gasteiger partial charge in [-0.25, -0.2) is 39.2 Å². The minimum atomic E-state index is -2.02. The van der Waals surface area contributed by atoms with E-state index in [1.165, 1.54) is 36.4 Å². The molecule has 4 aliphatic rings.